The molecule has 0 spiro atoms. The third kappa shape index (κ3) is 3.35. The first kappa shape index (κ1) is 14.7. The fourth-order valence-corrected chi connectivity index (χ4v) is 2.46. The van der Waals surface area contributed by atoms with Gasteiger partial charge in [-0.25, -0.2) is 0 Å². The standard InChI is InChI=1S/C15H15F3N2O2/c16-15(17,18)22-14-5-4-11(6-13(14)21)12-7-19-20(9-12)8-10-2-1-3-10/h4-7,9-10,21H,1-3,8H2. The molecule has 118 valence electrons. The summed E-state index contributed by atoms with van der Waals surface area (Å²) in [4.78, 5) is 0. The fraction of sp³-hybridized carbons (Fsp3) is 0.400. The van der Waals surface area contributed by atoms with Crippen molar-refractivity contribution in [2.75, 3.05) is 0 Å². The van der Waals surface area contributed by atoms with Crippen LogP contribution in [-0.2, 0) is 6.54 Å². The molecule has 1 aliphatic rings. The van der Waals surface area contributed by atoms with E-state index in [1.807, 2.05) is 10.9 Å². The zero-order valence-corrected chi connectivity index (χ0v) is 11.7. The van der Waals surface area contributed by atoms with Crippen LogP contribution in [0.3, 0.4) is 0 Å². The van der Waals surface area contributed by atoms with Crippen LogP contribution in [0.4, 0.5) is 13.2 Å². The van der Waals surface area contributed by atoms with E-state index in [9.17, 15) is 18.3 Å². The van der Waals surface area contributed by atoms with E-state index in [0.717, 1.165) is 18.2 Å². The van der Waals surface area contributed by atoms with Crippen molar-refractivity contribution in [2.45, 2.75) is 32.2 Å². The van der Waals surface area contributed by atoms with Crippen LogP contribution in [0.1, 0.15) is 19.3 Å². The average molecular weight is 312 g/mol. The van der Waals surface area contributed by atoms with Crippen LogP contribution < -0.4 is 4.74 Å². The fourth-order valence-electron chi connectivity index (χ4n) is 2.46. The number of aromatic hydroxyl groups is 1. The van der Waals surface area contributed by atoms with Crippen LogP contribution >= 0.6 is 0 Å². The molecule has 3 rings (SSSR count). The molecule has 1 N–H and O–H groups in total. The molecular weight excluding hydrogens is 297 g/mol. The van der Waals surface area contributed by atoms with Gasteiger partial charge in [-0.3, -0.25) is 4.68 Å². The van der Waals surface area contributed by atoms with E-state index in [4.69, 9.17) is 0 Å². The number of benzene rings is 1. The smallest absolute Gasteiger partial charge is 0.504 e. The van der Waals surface area contributed by atoms with Gasteiger partial charge in [0.1, 0.15) is 0 Å². The molecule has 1 heterocycles. The summed E-state index contributed by atoms with van der Waals surface area (Å²) in [5.41, 5.74) is 1.33. The predicted molar refractivity (Wildman–Crippen MR) is 73.4 cm³/mol. The van der Waals surface area contributed by atoms with Crippen molar-refractivity contribution in [1.82, 2.24) is 9.78 Å². The maximum absolute atomic E-state index is 12.2. The van der Waals surface area contributed by atoms with E-state index in [1.54, 1.807) is 6.20 Å². The predicted octanol–water partition coefficient (Wildman–Crippen LogP) is 3.95. The van der Waals surface area contributed by atoms with Gasteiger partial charge < -0.3 is 9.84 Å². The molecule has 0 unspecified atom stereocenters. The molecule has 1 aromatic heterocycles. The highest BCUT2D eigenvalue weighted by molar-refractivity contribution is 5.65. The molecule has 0 saturated heterocycles. The Labute approximate surface area is 125 Å². The number of alkyl halides is 3. The monoisotopic (exact) mass is 312 g/mol. The molecule has 1 aliphatic carbocycles. The van der Waals surface area contributed by atoms with Crippen LogP contribution in [0.5, 0.6) is 11.5 Å². The van der Waals surface area contributed by atoms with Crippen molar-refractivity contribution in [1.29, 1.82) is 0 Å². The number of aromatic nitrogens is 2. The average Bonchev–Trinajstić information content (AvgIpc) is 2.83. The normalized spacial score (nSPS) is 15.6. The summed E-state index contributed by atoms with van der Waals surface area (Å²) in [6, 6.07) is 3.80. The minimum atomic E-state index is -4.83. The topological polar surface area (TPSA) is 47.3 Å². The molecular formula is C15H15F3N2O2. The molecule has 0 amide bonds. The lowest BCUT2D eigenvalue weighted by molar-refractivity contribution is -0.275. The highest BCUT2D eigenvalue weighted by atomic mass is 19.4. The molecule has 4 nitrogen and oxygen atoms in total. The molecule has 1 fully saturated rings. The van der Waals surface area contributed by atoms with E-state index in [2.05, 4.69) is 9.84 Å². The summed E-state index contributed by atoms with van der Waals surface area (Å²) in [6.45, 7) is 0.848. The van der Waals surface area contributed by atoms with Gasteiger partial charge in [-0.2, -0.15) is 5.10 Å². The molecule has 1 saturated carbocycles. The van der Waals surface area contributed by atoms with Crippen molar-refractivity contribution < 1.29 is 23.0 Å². The number of phenolic OH excluding ortho intramolecular Hbond substituents is 1. The Morgan fingerprint density at radius 3 is 2.64 bits per heavy atom. The summed E-state index contributed by atoms with van der Waals surface area (Å²) in [5.74, 6) is -0.511. The zero-order chi connectivity index (χ0) is 15.7. The van der Waals surface area contributed by atoms with Crippen LogP contribution in [0, 0.1) is 5.92 Å². The van der Waals surface area contributed by atoms with Crippen LogP contribution in [0.15, 0.2) is 30.6 Å². The van der Waals surface area contributed by atoms with E-state index >= 15 is 0 Å². The summed E-state index contributed by atoms with van der Waals surface area (Å²) < 4.78 is 42.0. The Hall–Kier alpha value is -2.18. The molecule has 2 aromatic rings. The van der Waals surface area contributed by atoms with Crippen LogP contribution in [-0.4, -0.2) is 21.2 Å². The second kappa shape index (κ2) is 5.55. The maximum Gasteiger partial charge on any atom is 0.573 e. The van der Waals surface area contributed by atoms with E-state index in [1.165, 1.54) is 31.4 Å². The van der Waals surface area contributed by atoms with Gasteiger partial charge in [0.2, 0.25) is 0 Å². The van der Waals surface area contributed by atoms with Gasteiger partial charge in [-0.05, 0) is 36.5 Å². The summed E-state index contributed by atoms with van der Waals surface area (Å²) in [5, 5.41) is 13.9. The van der Waals surface area contributed by atoms with Crippen molar-refractivity contribution in [2.24, 2.45) is 5.92 Å². The van der Waals surface area contributed by atoms with Crippen LogP contribution in [0.2, 0.25) is 0 Å². The number of rotatable bonds is 4. The quantitative estimate of drug-likeness (QED) is 0.929. The van der Waals surface area contributed by atoms with Gasteiger partial charge in [-0.1, -0.05) is 12.5 Å². The maximum atomic E-state index is 12.2. The van der Waals surface area contributed by atoms with Gasteiger partial charge in [-0.15, -0.1) is 13.2 Å². The van der Waals surface area contributed by atoms with Crippen LogP contribution in [0.25, 0.3) is 11.1 Å². The number of ether oxygens (including phenoxy) is 1. The van der Waals surface area contributed by atoms with Gasteiger partial charge in [0.05, 0.1) is 6.20 Å². The summed E-state index contributed by atoms with van der Waals surface area (Å²) in [7, 11) is 0. The van der Waals surface area contributed by atoms with Crippen molar-refractivity contribution in [3.63, 3.8) is 0 Å². The number of halogens is 3. The van der Waals surface area contributed by atoms with Gasteiger partial charge in [0.15, 0.2) is 11.5 Å². The van der Waals surface area contributed by atoms with Gasteiger partial charge in [0.25, 0.3) is 0 Å². The highest BCUT2D eigenvalue weighted by Crippen LogP contribution is 2.35. The van der Waals surface area contributed by atoms with E-state index < -0.39 is 17.9 Å². The minimum Gasteiger partial charge on any atom is -0.504 e. The Kier molecular flexibility index (Phi) is 3.72. The van der Waals surface area contributed by atoms with Crippen molar-refractivity contribution >= 4 is 0 Å². The molecule has 1 aromatic carbocycles. The van der Waals surface area contributed by atoms with Crippen molar-refractivity contribution in [3.05, 3.63) is 30.6 Å². The number of hydrogen-bond donors (Lipinski definition) is 1. The van der Waals surface area contributed by atoms with Crippen molar-refractivity contribution in [3.8, 4) is 22.6 Å². The second-order valence-electron chi connectivity index (χ2n) is 5.48. The third-order valence-corrected chi connectivity index (χ3v) is 3.82. The first-order valence-corrected chi connectivity index (χ1v) is 7.02. The Balaban J connectivity index is 1.75. The highest BCUT2D eigenvalue weighted by Gasteiger charge is 2.32. The Morgan fingerprint density at radius 2 is 2.05 bits per heavy atom. The molecule has 0 atom stereocenters. The number of hydrogen-bond acceptors (Lipinski definition) is 3. The SMILES string of the molecule is Oc1cc(-c2cnn(CC3CCC3)c2)ccc1OC(F)(F)F. The molecule has 7 heteroatoms. The lowest BCUT2D eigenvalue weighted by atomic mass is 9.85. The molecule has 0 aliphatic heterocycles. The molecule has 22 heavy (non-hydrogen) atoms. The number of nitrogens with zero attached hydrogens (tertiary/aromatic N) is 2. The number of phenols is 1. The lowest BCUT2D eigenvalue weighted by Crippen LogP contribution is -2.18. The zero-order valence-electron chi connectivity index (χ0n) is 11.7. The van der Waals surface area contributed by atoms with E-state index in [0.29, 0.717) is 11.5 Å². The summed E-state index contributed by atoms with van der Waals surface area (Å²) in [6.07, 6.45) is 2.31. The lowest BCUT2D eigenvalue weighted by Gasteiger charge is -2.24. The Morgan fingerprint density at radius 1 is 1.27 bits per heavy atom. The summed E-state index contributed by atoms with van der Waals surface area (Å²) >= 11 is 0. The molecule has 0 bridgehead atoms. The van der Waals surface area contributed by atoms with Gasteiger partial charge in [0, 0.05) is 18.3 Å². The Bertz CT molecular complexity index is 663. The minimum absolute atomic E-state index is 0.554. The molecule has 0 radical (unpaired) electrons. The first-order chi connectivity index (χ1) is 10.4. The first-order valence-electron chi connectivity index (χ1n) is 7.02. The largest absolute Gasteiger partial charge is 0.573 e. The third-order valence-electron chi connectivity index (χ3n) is 3.82. The van der Waals surface area contributed by atoms with E-state index in [-0.39, 0.29) is 0 Å². The van der Waals surface area contributed by atoms with Gasteiger partial charge >= 0.3 is 6.36 Å². The second-order valence-corrected chi connectivity index (χ2v) is 5.48.